The van der Waals surface area contributed by atoms with Crippen molar-refractivity contribution in [1.82, 2.24) is 10.2 Å². The minimum atomic E-state index is -0.714. The van der Waals surface area contributed by atoms with Crippen molar-refractivity contribution in [3.8, 4) is 12.1 Å². The molecule has 0 amide bonds. The van der Waals surface area contributed by atoms with Gasteiger partial charge >= 0.3 is 0 Å². The number of rotatable bonds is 10. The van der Waals surface area contributed by atoms with Gasteiger partial charge in [0.05, 0.1) is 22.5 Å². The first kappa shape index (κ1) is 31.9. The van der Waals surface area contributed by atoms with Crippen LogP contribution < -0.4 is 15.1 Å². The molecule has 3 aromatic rings. The fourth-order valence-electron chi connectivity index (χ4n) is 6.37. The molecule has 1 aliphatic heterocycles. The van der Waals surface area contributed by atoms with E-state index in [2.05, 4.69) is 67.9 Å². The van der Waals surface area contributed by atoms with Crippen molar-refractivity contribution >= 4 is 11.4 Å². The number of likely N-dealkylation sites (N-methyl/N-ethyl adjacent to an activating group) is 1. The van der Waals surface area contributed by atoms with Crippen LogP contribution in [0.25, 0.3) is 0 Å². The van der Waals surface area contributed by atoms with E-state index in [9.17, 15) is 9.65 Å². The summed E-state index contributed by atoms with van der Waals surface area (Å²) in [6.45, 7) is 15.0. The van der Waals surface area contributed by atoms with Gasteiger partial charge in [-0.05, 0) is 81.1 Å². The van der Waals surface area contributed by atoms with Crippen LogP contribution in [0.4, 0.5) is 20.2 Å². The van der Waals surface area contributed by atoms with E-state index in [0.29, 0.717) is 25.2 Å². The summed E-state index contributed by atoms with van der Waals surface area (Å²) in [5.74, 6) is -1.26. The van der Waals surface area contributed by atoms with Crippen molar-refractivity contribution in [2.45, 2.75) is 59.2 Å². The Morgan fingerprint density at radius 2 is 1.63 bits per heavy atom. The number of nitrogens with zero attached hydrogens (tertiary/aromatic N) is 5. The first-order valence-corrected chi connectivity index (χ1v) is 15.0. The average Bonchev–Trinajstić information content (AvgIpc) is 2.98. The zero-order valence-corrected chi connectivity index (χ0v) is 26.1. The lowest BCUT2D eigenvalue weighted by atomic mass is 9.90. The van der Waals surface area contributed by atoms with Crippen LogP contribution in [-0.4, -0.2) is 56.8 Å². The topological polar surface area (TPSA) is 69.3 Å². The molecule has 3 aromatic carbocycles. The number of benzene rings is 3. The summed E-state index contributed by atoms with van der Waals surface area (Å²) in [5, 5.41) is 21.9. The molecule has 0 spiro atoms. The van der Waals surface area contributed by atoms with E-state index in [1.807, 2.05) is 36.2 Å². The zero-order valence-electron chi connectivity index (χ0n) is 26.1. The normalized spacial score (nSPS) is 17.8. The van der Waals surface area contributed by atoms with Gasteiger partial charge in [-0.2, -0.15) is 10.5 Å². The third-order valence-electron chi connectivity index (χ3n) is 8.70. The molecule has 3 atom stereocenters. The molecular formula is C35H42F2N6. The van der Waals surface area contributed by atoms with Crippen molar-refractivity contribution in [3.63, 3.8) is 0 Å². The van der Waals surface area contributed by atoms with Gasteiger partial charge in [-0.1, -0.05) is 31.2 Å². The second-order valence-electron chi connectivity index (χ2n) is 11.9. The van der Waals surface area contributed by atoms with E-state index in [1.54, 1.807) is 6.07 Å². The lowest BCUT2D eigenvalue weighted by Gasteiger charge is -2.46. The number of nitriles is 2. The molecule has 0 aliphatic carbocycles. The van der Waals surface area contributed by atoms with E-state index in [1.165, 1.54) is 22.3 Å². The van der Waals surface area contributed by atoms with Crippen LogP contribution in [0.2, 0.25) is 0 Å². The highest BCUT2D eigenvalue weighted by Gasteiger charge is 2.31. The highest BCUT2D eigenvalue weighted by molar-refractivity contribution is 5.60. The van der Waals surface area contributed by atoms with Gasteiger partial charge in [-0.3, -0.25) is 4.90 Å². The Labute approximate surface area is 255 Å². The van der Waals surface area contributed by atoms with E-state index >= 15 is 4.39 Å². The van der Waals surface area contributed by atoms with Gasteiger partial charge in [-0.25, -0.2) is 8.78 Å². The Bertz CT molecular complexity index is 1510. The van der Waals surface area contributed by atoms with Gasteiger partial charge in [0.25, 0.3) is 0 Å². The molecule has 8 heteroatoms. The van der Waals surface area contributed by atoms with Crippen LogP contribution in [0.5, 0.6) is 0 Å². The smallest absolute Gasteiger partial charge is 0.148 e. The molecule has 0 radical (unpaired) electrons. The Kier molecular flexibility index (Phi) is 10.4. The SMILES string of the molecule is CNCCN(CC(C)c1cc(CN2C(C)CN(c3ccccc3C#N)CC2C)c(C)cc1C)c1cc(F)c(C#N)cc1F. The third kappa shape index (κ3) is 7.16. The first-order chi connectivity index (χ1) is 20.6. The molecule has 0 saturated carbocycles. The third-order valence-corrected chi connectivity index (χ3v) is 8.70. The number of nitrogens with one attached hydrogen (secondary N) is 1. The number of anilines is 2. The summed E-state index contributed by atoms with van der Waals surface area (Å²) in [6, 6.07) is 19.1. The molecule has 6 nitrogen and oxygen atoms in total. The summed E-state index contributed by atoms with van der Waals surface area (Å²) >= 11 is 0. The van der Waals surface area contributed by atoms with Gasteiger partial charge in [0.15, 0.2) is 0 Å². The molecule has 0 aromatic heterocycles. The minimum absolute atomic E-state index is 0.0449. The fourth-order valence-corrected chi connectivity index (χ4v) is 6.37. The quantitative estimate of drug-likeness (QED) is 0.304. The summed E-state index contributed by atoms with van der Waals surface area (Å²) in [6.07, 6.45) is 0. The molecule has 1 aliphatic rings. The first-order valence-electron chi connectivity index (χ1n) is 15.0. The van der Waals surface area contributed by atoms with Crippen LogP contribution in [-0.2, 0) is 6.54 Å². The zero-order chi connectivity index (χ0) is 31.3. The molecular weight excluding hydrogens is 542 g/mol. The number of piperazine rings is 1. The van der Waals surface area contributed by atoms with Crippen molar-refractivity contribution in [2.24, 2.45) is 0 Å². The van der Waals surface area contributed by atoms with Gasteiger partial charge in [0.2, 0.25) is 0 Å². The standard InChI is InChI=1S/C35H42F2N6/c1-23-13-24(2)31(25(3)19-41(12-11-40-6)35-16-32(36)29(18-39)15-33(35)37)14-30(23)22-43-26(4)20-42(21-27(43)5)34-10-8-7-9-28(34)17-38/h7-10,13-16,25-27,40H,11-12,19-22H2,1-6H3. The minimum Gasteiger partial charge on any atom is -0.367 e. The Hall–Kier alpha value is -3.98. The van der Waals surface area contributed by atoms with Crippen molar-refractivity contribution in [2.75, 3.05) is 49.6 Å². The number of halogens is 2. The molecule has 1 saturated heterocycles. The number of para-hydroxylation sites is 1. The predicted molar refractivity (Wildman–Crippen MR) is 169 cm³/mol. The van der Waals surface area contributed by atoms with Crippen LogP contribution >= 0.6 is 0 Å². The molecule has 0 bridgehead atoms. The van der Waals surface area contributed by atoms with Crippen LogP contribution in [0.3, 0.4) is 0 Å². The van der Waals surface area contributed by atoms with Crippen LogP contribution in [0.15, 0.2) is 48.5 Å². The van der Waals surface area contributed by atoms with Gasteiger partial charge in [-0.15, -0.1) is 0 Å². The molecule has 43 heavy (non-hydrogen) atoms. The molecule has 1 fully saturated rings. The monoisotopic (exact) mass is 584 g/mol. The molecule has 1 heterocycles. The van der Waals surface area contributed by atoms with Gasteiger partial charge in [0, 0.05) is 57.4 Å². The molecule has 226 valence electrons. The Morgan fingerprint density at radius 3 is 2.28 bits per heavy atom. The van der Waals surface area contributed by atoms with Gasteiger partial charge in [0.1, 0.15) is 23.8 Å². The molecule has 1 N–H and O–H groups in total. The summed E-state index contributed by atoms with van der Waals surface area (Å²) in [5.41, 5.74) is 6.43. The van der Waals surface area contributed by atoms with Gasteiger partial charge < -0.3 is 15.1 Å². The maximum atomic E-state index is 15.1. The highest BCUT2D eigenvalue weighted by Crippen LogP contribution is 2.31. The average molecular weight is 585 g/mol. The lowest BCUT2D eigenvalue weighted by Crippen LogP contribution is -2.56. The van der Waals surface area contributed by atoms with E-state index in [-0.39, 0.29) is 29.3 Å². The highest BCUT2D eigenvalue weighted by atomic mass is 19.1. The maximum Gasteiger partial charge on any atom is 0.148 e. The number of hydrogen-bond acceptors (Lipinski definition) is 6. The lowest BCUT2D eigenvalue weighted by molar-refractivity contribution is 0.123. The van der Waals surface area contributed by atoms with E-state index in [4.69, 9.17) is 5.26 Å². The largest absolute Gasteiger partial charge is 0.367 e. The van der Waals surface area contributed by atoms with E-state index < -0.39 is 11.6 Å². The molecule has 3 unspecified atom stereocenters. The summed E-state index contributed by atoms with van der Waals surface area (Å²) in [4.78, 5) is 6.72. The van der Waals surface area contributed by atoms with Crippen molar-refractivity contribution in [3.05, 3.63) is 93.5 Å². The Balaban J connectivity index is 1.56. The number of hydrogen-bond donors (Lipinski definition) is 1. The van der Waals surface area contributed by atoms with Crippen LogP contribution in [0.1, 0.15) is 60.1 Å². The second kappa shape index (κ2) is 14.0. The second-order valence-corrected chi connectivity index (χ2v) is 11.9. The van der Waals surface area contributed by atoms with Crippen molar-refractivity contribution in [1.29, 1.82) is 10.5 Å². The van der Waals surface area contributed by atoms with Crippen molar-refractivity contribution < 1.29 is 8.78 Å². The summed E-state index contributed by atoms with van der Waals surface area (Å²) in [7, 11) is 1.83. The summed E-state index contributed by atoms with van der Waals surface area (Å²) < 4.78 is 29.6. The maximum absolute atomic E-state index is 15.1. The molecule has 4 rings (SSSR count). The Morgan fingerprint density at radius 1 is 0.953 bits per heavy atom. The van der Waals surface area contributed by atoms with E-state index in [0.717, 1.165) is 37.5 Å². The van der Waals surface area contributed by atoms with Crippen LogP contribution in [0, 0.1) is 48.1 Å². The predicted octanol–water partition coefficient (Wildman–Crippen LogP) is 6.25. The fraction of sp³-hybridized carbons (Fsp3) is 0.429. The number of aryl methyl sites for hydroxylation is 2.